The Balaban J connectivity index is 0.00000141. The topological polar surface area (TPSA) is 249 Å². The molecule has 1 saturated heterocycles. The van der Waals surface area contributed by atoms with E-state index in [-0.39, 0.29) is 6.15 Å². The number of amides is 4. The van der Waals surface area contributed by atoms with E-state index < -0.39 is 46.4 Å². The number of hydrogen-bond donors (Lipinski definition) is 8. The molecule has 1 aromatic heterocycles. The zero-order valence-corrected chi connectivity index (χ0v) is 10.5. The molecule has 4 amide bonds. The molecule has 0 bridgehead atoms. The Labute approximate surface area is 119 Å². The van der Waals surface area contributed by atoms with Crippen molar-refractivity contribution in [2.24, 2.45) is 4.99 Å². The van der Waals surface area contributed by atoms with E-state index in [4.69, 9.17) is 10.5 Å². The molecule has 2 rings (SSSR count). The van der Waals surface area contributed by atoms with E-state index in [1.54, 1.807) is 15.6 Å². The second kappa shape index (κ2) is 7.43. The van der Waals surface area contributed by atoms with Gasteiger partial charge in [0.1, 0.15) is 0 Å². The van der Waals surface area contributed by atoms with Crippen LogP contribution in [0.15, 0.2) is 14.6 Å². The second-order valence-corrected chi connectivity index (χ2v) is 3.30. The van der Waals surface area contributed by atoms with Gasteiger partial charge in [-0.3, -0.25) is 45.5 Å². The largest absolute Gasteiger partial charge is 0.493 e. The standard InChI is InChI=1S/C8H5N5O6.H3N.H2O2/c14-3-1(4(15)11-7(18)10-3)9-2-5(16)12-8(19)13-6(2)17;;1-2/h(H2,10,11,14,15,18)(H3,12,13,16,17,19);1H3;1-2H. The molecule has 0 aromatic carbocycles. The fourth-order valence-electron chi connectivity index (χ4n) is 1.24. The predicted molar refractivity (Wildman–Crippen MR) is 68.4 cm³/mol. The Hall–Kier alpha value is -3.36. The zero-order chi connectivity index (χ0) is 16.2. The highest BCUT2D eigenvalue weighted by Gasteiger charge is 2.30. The van der Waals surface area contributed by atoms with Crippen molar-refractivity contribution in [2.75, 3.05) is 0 Å². The Morgan fingerprint density at radius 3 is 1.82 bits per heavy atom. The normalized spacial score (nSPS) is 13.2. The molecule has 0 atom stereocenters. The lowest BCUT2D eigenvalue weighted by Crippen LogP contribution is -2.56. The van der Waals surface area contributed by atoms with Crippen LogP contribution < -0.4 is 28.0 Å². The molecule has 1 fully saturated rings. The van der Waals surface area contributed by atoms with E-state index in [1.807, 2.05) is 4.98 Å². The predicted octanol–water partition coefficient (Wildman–Crippen LogP) is -2.61. The maximum Gasteiger partial charge on any atom is 0.328 e. The number of H-pyrrole nitrogens is 2. The number of aliphatic imine (C=N–C) groups is 1. The maximum absolute atomic E-state index is 11.3. The first-order valence-corrected chi connectivity index (χ1v) is 4.89. The SMILES string of the molecule is N.O=C1NC(=O)C(=Nc2c(O)[nH]c(=O)[nH]c2=O)C(=O)N1.OO. The summed E-state index contributed by atoms with van der Waals surface area (Å²) >= 11 is 0. The number of hydrogen-bond acceptors (Lipinski definition) is 10. The fourth-order valence-corrected chi connectivity index (χ4v) is 1.24. The van der Waals surface area contributed by atoms with Gasteiger partial charge in [0.25, 0.3) is 17.4 Å². The molecule has 1 aliphatic rings. The number of aromatic nitrogens is 2. The first-order chi connectivity index (χ1) is 9.88. The molecule has 0 radical (unpaired) electrons. The summed E-state index contributed by atoms with van der Waals surface area (Å²) in [5.41, 5.74) is -3.65. The van der Waals surface area contributed by atoms with Gasteiger partial charge >= 0.3 is 11.7 Å². The Morgan fingerprint density at radius 1 is 0.864 bits per heavy atom. The number of aromatic amines is 2. The molecule has 14 nitrogen and oxygen atoms in total. The third-order valence-electron chi connectivity index (χ3n) is 2.01. The van der Waals surface area contributed by atoms with E-state index in [1.165, 1.54) is 0 Å². The second-order valence-electron chi connectivity index (χ2n) is 3.30. The number of urea groups is 1. The van der Waals surface area contributed by atoms with Crippen molar-refractivity contribution < 1.29 is 30.0 Å². The van der Waals surface area contributed by atoms with Crippen molar-refractivity contribution in [1.29, 1.82) is 0 Å². The van der Waals surface area contributed by atoms with Crippen LogP contribution in [-0.2, 0) is 9.59 Å². The lowest BCUT2D eigenvalue weighted by atomic mass is 10.3. The van der Waals surface area contributed by atoms with E-state index in [2.05, 4.69) is 4.99 Å². The van der Waals surface area contributed by atoms with Crippen LogP contribution in [0.4, 0.5) is 10.5 Å². The first-order valence-electron chi connectivity index (χ1n) is 4.89. The number of carbonyl (C=O) groups is 3. The minimum Gasteiger partial charge on any atom is -0.493 e. The molecule has 120 valence electrons. The number of aromatic hydroxyl groups is 1. The molecule has 2 heterocycles. The van der Waals surface area contributed by atoms with Crippen molar-refractivity contribution in [3.05, 3.63) is 20.8 Å². The summed E-state index contributed by atoms with van der Waals surface area (Å²) in [6.45, 7) is 0. The number of carbonyl (C=O) groups excluding carboxylic acids is 3. The van der Waals surface area contributed by atoms with E-state index in [0.717, 1.165) is 0 Å². The highest BCUT2D eigenvalue weighted by Crippen LogP contribution is 2.16. The lowest BCUT2D eigenvalue weighted by molar-refractivity contribution is -0.176. The van der Waals surface area contributed by atoms with Gasteiger partial charge in [0.15, 0.2) is 11.4 Å². The minimum atomic E-state index is -1.14. The highest BCUT2D eigenvalue weighted by molar-refractivity contribution is 6.69. The number of imide groups is 2. The summed E-state index contributed by atoms with van der Waals surface area (Å²) in [5, 5.41) is 24.8. The summed E-state index contributed by atoms with van der Waals surface area (Å²) in [4.78, 5) is 62.4. The van der Waals surface area contributed by atoms with Crippen molar-refractivity contribution in [3.8, 4) is 5.88 Å². The minimum absolute atomic E-state index is 0. The van der Waals surface area contributed by atoms with Gasteiger partial charge in [0.05, 0.1) is 0 Å². The molecular formula is C8H10N6O8. The molecule has 14 heteroatoms. The molecule has 1 aliphatic heterocycles. The lowest BCUT2D eigenvalue weighted by Gasteiger charge is -2.12. The van der Waals surface area contributed by atoms with Gasteiger partial charge in [-0.15, -0.1) is 0 Å². The van der Waals surface area contributed by atoms with Crippen LogP contribution in [0.3, 0.4) is 0 Å². The molecular weight excluding hydrogens is 308 g/mol. The van der Waals surface area contributed by atoms with Crippen molar-refractivity contribution >= 4 is 29.2 Å². The summed E-state index contributed by atoms with van der Waals surface area (Å²) < 4.78 is 0. The zero-order valence-electron chi connectivity index (χ0n) is 10.5. The molecule has 22 heavy (non-hydrogen) atoms. The van der Waals surface area contributed by atoms with Crippen molar-refractivity contribution in [1.82, 2.24) is 26.8 Å². The van der Waals surface area contributed by atoms with Gasteiger partial charge in [0.2, 0.25) is 5.88 Å². The van der Waals surface area contributed by atoms with Crippen molar-refractivity contribution in [3.63, 3.8) is 0 Å². The third kappa shape index (κ3) is 3.82. The van der Waals surface area contributed by atoms with Crippen LogP contribution in [0.1, 0.15) is 0 Å². The summed E-state index contributed by atoms with van der Waals surface area (Å²) in [5.74, 6) is -3.20. The smallest absolute Gasteiger partial charge is 0.328 e. The van der Waals surface area contributed by atoms with Gasteiger partial charge in [-0.2, -0.15) is 0 Å². The van der Waals surface area contributed by atoms with Gasteiger partial charge in [-0.25, -0.2) is 14.6 Å². The Morgan fingerprint density at radius 2 is 1.36 bits per heavy atom. The molecule has 10 N–H and O–H groups in total. The third-order valence-corrected chi connectivity index (χ3v) is 2.01. The first kappa shape index (κ1) is 18.6. The molecule has 1 aromatic rings. The van der Waals surface area contributed by atoms with Crippen LogP contribution in [0.2, 0.25) is 0 Å². The highest BCUT2D eigenvalue weighted by atomic mass is 17.0. The quantitative estimate of drug-likeness (QED) is 0.199. The average molecular weight is 318 g/mol. The van der Waals surface area contributed by atoms with Crippen LogP contribution >= 0.6 is 0 Å². The van der Waals surface area contributed by atoms with Crippen LogP contribution in [0.25, 0.3) is 0 Å². The van der Waals surface area contributed by atoms with Crippen LogP contribution in [0.5, 0.6) is 5.88 Å². The number of rotatable bonds is 1. The van der Waals surface area contributed by atoms with Gasteiger partial charge in [-0.1, -0.05) is 0 Å². The number of nitrogens with one attached hydrogen (secondary N) is 4. The van der Waals surface area contributed by atoms with E-state index in [9.17, 15) is 29.1 Å². The van der Waals surface area contributed by atoms with Gasteiger partial charge in [-0.05, 0) is 0 Å². The van der Waals surface area contributed by atoms with Crippen molar-refractivity contribution in [2.45, 2.75) is 0 Å². The number of barbiturate groups is 1. The maximum atomic E-state index is 11.3. The van der Waals surface area contributed by atoms with E-state index in [0.29, 0.717) is 0 Å². The summed E-state index contributed by atoms with van der Waals surface area (Å²) in [6, 6.07) is -1.03. The summed E-state index contributed by atoms with van der Waals surface area (Å²) in [7, 11) is 0. The Kier molecular flexibility index (Phi) is 6.29. The van der Waals surface area contributed by atoms with Gasteiger partial charge < -0.3 is 11.3 Å². The monoisotopic (exact) mass is 318 g/mol. The molecule has 0 saturated carbocycles. The number of nitrogens with zero attached hydrogens (tertiary/aromatic N) is 1. The Bertz CT molecular complexity index is 724. The van der Waals surface area contributed by atoms with E-state index >= 15 is 0 Å². The van der Waals surface area contributed by atoms with Gasteiger partial charge in [0, 0.05) is 0 Å². The molecule has 0 unspecified atom stereocenters. The summed E-state index contributed by atoms with van der Waals surface area (Å²) in [6.07, 6.45) is 0. The molecule has 0 spiro atoms. The fraction of sp³-hybridized carbons (Fsp3) is 0. The molecule has 0 aliphatic carbocycles. The average Bonchev–Trinajstić information content (AvgIpc) is 2.38. The van der Waals surface area contributed by atoms with Crippen LogP contribution in [-0.4, -0.2) is 49.1 Å². The van der Waals surface area contributed by atoms with Crippen LogP contribution in [0, 0.1) is 0 Å².